The maximum atomic E-state index is 11.9. The molecule has 0 unspecified atom stereocenters. The van der Waals surface area contributed by atoms with Gasteiger partial charge in [-0.3, -0.25) is 4.79 Å². The quantitative estimate of drug-likeness (QED) is 0.845. The predicted octanol–water partition coefficient (Wildman–Crippen LogP) is 2.23. The fourth-order valence-electron chi connectivity index (χ4n) is 1.91. The highest BCUT2D eigenvalue weighted by atomic mass is 35.5. The average molecular weight is 277 g/mol. The van der Waals surface area contributed by atoms with E-state index in [0.717, 1.165) is 11.3 Å². The number of anilines is 1. The van der Waals surface area contributed by atoms with E-state index in [1.807, 2.05) is 19.1 Å². The standard InChI is InChI=1S/C13H13ClN4O/c1-8-3-4-10(16-2)9(7-15)13(8)18-12(19)6-5-11(14)17-18/h3-7,15-16H,1-2H3. The minimum Gasteiger partial charge on any atom is -0.388 e. The second-order valence-corrected chi connectivity index (χ2v) is 4.38. The van der Waals surface area contributed by atoms with Crippen LogP contribution in [0.25, 0.3) is 5.69 Å². The van der Waals surface area contributed by atoms with Crippen LogP contribution in [0.5, 0.6) is 0 Å². The molecule has 0 radical (unpaired) electrons. The van der Waals surface area contributed by atoms with E-state index in [4.69, 9.17) is 17.0 Å². The molecule has 0 atom stereocenters. The molecule has 0 bridgehead atoms. The van der Waals surface area contributed by atoms with Gasteiger partial charge in [0.1, 0.15) is 5.15 Å². The summed E-state index contributed by atoms with van der Waals surface area (Å²) in [5, 5.41) is 14.8. The van der Waals surface area contributed by atoms with Gasteiger partial charge in [0.05, 0.1) is 5.69 Å². The molecule has 2 aromatic rings. The number of nitrogens with one attached hydrogen (secondary N) is 2. The van der Waals surface area contributed by atoms with E-state index in [1.54, 1.807) is 7.05 Å². The lowest BCUT2D eigenvalue weighted by Gasteiger charge is -2.14. The van der Waals surface area contributed by atoms with Crippen LogP contribution in [-0.4, -0.2) is 23.0 Å². The summed E-state index contributed by atoms with van der Waals surface area (Å²) < 4.78 is 1.22. The lowest BCUT2D eigenvalue weighted by atomic mass is 10.1. The van der Waals surface area contributed by atoms with E-state index in [9.17, 15) is 4.79 Å². The number of benzene rings is 1. The molecule has 0 aliphatic heterocycles. The predicted molar refractivity (Wildman–Crippen MR) is 77.0 cm³/mol. The summed E-state index contributed by atoms with van der Waals surface area (Å²) in [6, 6.07) is 6.52. The van der Waals surface area contributed by atoms with Crippen LogP contribution in [0.1, 0.15) is 11.1 Å². The van der Waals surface area contributed by atoms with Crippen molar-refractivity contribution in [2.24, 2.45) is 0 Å². The molecule has 0 fully saturated rings. The molecule has 0 amide bonds. The van der Waals surface area contributed by atoms with Crippen LogP contribution in [0.15, 0.2) is 29.1 Å². The van der Waals surface area contributed by atoms with Gasteiger partial charge in [-0.25, -0.2) is 0 Å². The van der Waals surface area contributed by atoms with Crippen LogP contribution in [-0.2, 0) is 0 Å². The molecule has 2 N–H and O–H groups in total. The Hall–Kier alpha value is -2.14. The van der Waals surface area contributed by atoms with Gasteiger partial charge < -0.3 is 10.7 Å². The van der Waals surface area contributed by atoms with Gasteiger partial charge in [0, 0.05) is 30.6 Å². The van der Waals surface area contributed by atoms with Crippen LogP contribution in [0.2, 0.25) is 5.15 Å². The first kappa shape index (κ1) is 13.3. The van der Waals surface area contributed by atoms with Gasteiger partial charge in [-0.2, -0.15) is 9.78 Å². The fraction of sp³-hybridized carbons (Fsp3) is 0.154. The van der Waals surface area contributed by atoms with Gasteiger partial charge in [0.25, 0.3) is 5.56 Å². The Kier molecular flexibility index (Phi) is 3.66. The highest BCUT2D eigenvalue weighted by Crippen LogP contribution is 2.24. The van der Waals surface area contributed by atoms with Crippen molar-refractivity contribution in [1.82, 2.24) is 9.78 Å². The van der Waals surface area contributed by atoms with Crippen molar-refractivity contribution >= 4 is 23.5 Å². The van der Waals surface area contributed by atoms with Crippen molar-refractivity contribution in [2.75, 3.05) is 12.4 Å². The van der Waals surface area contributed by atoms with Gasteiger partial charge in [0.2, 0.25) is 0 Å². The van der Waals surface area contributed by atoms with E-state index >= 15 is 0 Å². The first-order valence-electron chi connectivity index (χ1n) is 5.66. The normalized spacial score (nSPS) is 10.3. The Labute approximate surface area is 115 Å². The fourth-order valence-corrected chi connectivity index (χ4v) is 2.05. The molecule has 1 heterocycles. The van der Waals surface area contributed by atoms with E-state index in [2.05, 4.69) is 10.4 Å². The SMILES string of the molecule is CNc1ccc(C)c(-n2nc(Cl)ccc2=O)c1C=N. The summed E-state index contributed by atoms with van der Waals surface area (Å²) in [6.45, 7) is 1.86. The van der Waals surface area contributed by atoms with E-state index in [1.165, 1.54) is 23.0 Å². The van der Waals surface area contributed by atoms with Crippen molar-refractivity contribution in [3.8, 4) is 5.69 Å². The Morgan fingerprint density at radius 2 is 2.11 bits per heavy atom. The third-order valence-corrected chi connectivity index (χ3v) is 3.01. The Morgan fingerprint density at radius 1 is 1.37 bits per heavy atom. The molecule has 5 nitrogen and oxygen atoms in total. The lowest BCUT2D eigenvalue weighted by Crippen LogP contribution is -2.22. The van der Waals surface area contributed by atoms with Gasteiger partial charge in [-0.05, 0) is 24.6 Å². The summed E-state index contributed by atoms with van der Waals surface area (Å²) in [7, 11) is 1.76. The highest BCUT2D eigenvalue weighted by Gasteiger charge is 2.13. The van der Waals surface area contributed by atoms with Crippen molar-refractivity contribution in [2.45, 2.75) is 6.92 Å². The van der Waals surface area contributed by atoms with Gasteiger partial charge in [-0.15, -0.1) is 0 Å². The number of rotatable bonds is 3. The second-order valence-electron chi connectivity index (χ2n) is 3.99. The molecule has 0 aliphatic rings. The van der Waals surface area contributed by atoms with Crippen molar-refractivity contribution < 1.29 is 0 Å². The van der Waals surface area contributed by atoms with Crippen molar-refractivity contribution in [3.63, 3.8) is 0 Å². The Bertz CT molecular complexity index is 694. The van der Waals surface area contributed by atoms with Gasteiger partial charge in [-0.1, -0.05) is 17.7 Å². The van der Waals surface area contributed by atoms with Crippen LogP contribution >= 0.6 is 11.6 Å². The molecule has 98 valence electrons. The molecular formula is C13H13ClN4O. The van der Waals surface area contributed by atoms with E-state index in [0.29, 0.717) is 11.3 Å². The topological polar surface area (TPSA) is 70.8 Å². The summed E-state index contributed by atoms with van der Waals surface area (Å²) in [5.41, 5.74) is 2.47. The lowest BCUT2D eigenvalue weighted by molar-refractivity contribution is 0.801. The van der Waals surface area contributed by atoms with Gasteiger partial charge >= 0.3 is 0 Å². The zero-order valence-corrected chi connectivity index (χ0v) is 11.3. The number of hydrogen-bond acceptors (Lipinski definition) is 4. The maximum absolute atomic E-state index is 11.9. The molecule has 0 spiro atoms. The number of aryl methyl sites for hydroxylation is 1. The molecule has 0 aliphatic carbocycles. The number of aromatic nitrogens is 2. The smallest absolute Gasteiger partial charge is 0.271 e. The molecular weight excluding hydrogens is 264 g/mol. The van der Waals surface area contributed by atoms with E-state index in [-0.39, 0.29) is 10.7 Å². The van der Waals surface area contributed by atoms with Crippen LogP contribution in [0, 0.1) is 12.3 Å². The number of halogens is 1. The summed E-state index contributed by atoms with van der Waals surface area (Å²) >= 11 is 5.84. The number of nitrogens with zero attached hydrogens (tertiary/aromatic N) is 2. The minimum atomic E-state index is -0.288. The molecule has 1 aromatic heterocycles. The average Bonchev–Trinajstić information content (AvgIpc) is 2.41. The summed E-state index contributed by atoms with van der Waals surface area (Å²) in [5.74, 6) is 0. The van der Waals surface area contributed by atoms with Crippen LogP contribution < -0.4 is 10.9 Å². The van der Waals surface area contributed by atoms with Crippen molar-refractivity contribution in [3.05, 3.63) is 50.9 Å². The summed E-state index contributed by atoms with van der Waals surface area (Å²) in [6.07, 6.45) is 1.20. The monoisotopic (exact) mass is 276 g/mol. The van der Waals surface area contributed by atoms with E-state index < -0.39 is 0 Å². The zero-order valence-electron chi connectivity index (χ0n) is 10.6. The molecule has 0 saturated carbocycles. The number of hydrogen-bond donors (Lipinski definition) is 2. The van der Waals surface area contributed by atoms with Crippen LogP contribution in [0.4, 0.5) is 5.69 Å². The van der Waals surface area contributed by atoms with Crippen molar-refractivity contribution in [1.29, 1.82) is 5.41 Å². The largest absolute Gasteiger partial charge is 0.388 e. The summed E-state index contributed by atoms with van der Waals surface area (Å²) in [4.78, 5) is 11.9. The zero-order chi connectivity index (χ0) is 14.0. The minimum absolute atomic E-state index is 0.227. The highest BCUT2D eigenvalue weighted by molar-refractivity contribution is 6.29. The first-order valence-corrected chi connectivity index (χ1v) is 6.04. The molecule has 6 heteroatoms. The molecule has 0 saturated heterocycles. The van der Waals surface area contributed by atoms with Gasteiger partial charge in [0.15, 0.2) is 0 Å². The van der Waals surface area contributed by atoms with Crippen LogP contribution in [0.3, 0.4) is 0 Å². The first-order chi connectivity index (χ1) is 9.08. The molecule has 1 aromatic carbocycles. The molecule has 2 rings (SSSR count). The third-order valence-electron chi connectivity index (χ3n) is 2.81. The second kappa shape index (κ2) is 5.24. The third kappa shape index (κ3) is 2.37. The maximum Gasteiger partial charge on any atom is 0.271 e. The Balaban J connectivity index is 2.84. The molecule has 19 heavy (non-hydrogen) atoms. The Morgan fingerprint density at radius 3 is 2.74 bits per heavy atom.